The second-order valence-corrected chi connectivity index (χ2v) is 5.34. The first-order valence-electron chi connectivity index (χ1n) is 7.69. The summed E-state index contributed by atoms with van der Waals surface area (Å²) >= 11 is 0. The molecule has 3 aromatic rings. The molecule has 114 valence electrons. The molecule has 2 N–H and O–H groups in total. The summed E-state index contributed by atoms with van der Waals surface area (Å²) in [6.45, 7) is 0. The van der Waals surface area contributed by atoms with Crippen LogP contribution in [0.1, 0.15) is 16.8 Å². The monoisotopic (exact) mass is 301 g/mol. The van der Waals surface area contributed by atoms with Gasteiger partial charge < -0.3 is 5.73 Å². The molecular weight excluding hydrogens is 282 g/mol. The number of nitrogens with zero attached hydrogens (tertiary/aromatic N) is 2. The number of anilines is 1. The molecule has 0 saturated heterocycles. The third kappa shape index (κ3) is 4.04. The average molecular weight is 301 g/mol. The van der Waals surface area contributed by atoms with Gasteiger partial charge in [-0.25, -0.2) is 0 Å². The zero-order valence-corrected chi connectivity index (χ0v) is 12.9. The standard InChI is InChI=1S/C20H19N3/c21-19-10-3-1-7-16(19)12-13-17-8-2-4-11-20(17)23-15-18-9-5-6-14-22-18/h1-11,14-15H,12-13,21H2. The van der Waals surface area contributed by atoms with Gasteiger partial charge in [-0.05, 0) is 48.2 Å². The predicted molar refractivity (Wildman–Crippen MR) is 96.2 cm³/mol. The van der Waals surface area contributed by atoms with E-state index in [1.165, 1.54) is 11.1 Å². The molecule has 0 aliphatic rings. The molecule has 0 unspecified atom stereocenters. The fourth-order valence-corrected chi connectivity index (χ4v) is 2.47. The molecule has 1 heterocycles. The Labute approximate surface area is 136 Å². The van der Waals surface area contributed by atoms with E-state index in [2.05, 4.69) is 22.1 Å². The second-order valence-electron chi connectivity index (χ2n) is 5.34. The van der Waals surface area contributed by atoms with Crippen LogP contribution in [0.15, 0.2) is 77.9 Å². The molecular formula is C20H19N3. The van der Waals surface area contributed by atoms with Gasteiger partial charge in [-0.2, -0.15) is 0 Å². The van der Waals surface area contributed by atoms with Crippen LogP contribution < -0.4 is 5.73 Å². The number of rotatable bonds is 5. The maximum atomic E-state index is 6.02. The van der Waals surface area contributed by atoms with Crippen LogP contribution in [0.4, 0.5) is 11.4 Å². The number of nitrogen functional groups attached to an aromatic ring is 1. The van der Waals surface area contributed by atoms with Crippen molar-refractivity contribution in [1.29, 1.82) is 0 Å². The highest BCUT2D eigenvalue weighted by Gasteiger charge is 2.03. The molecule has 0 radical (unpaired) electrons. The molecule has 23 heavy (non-hydrogen) atoms. The normalized spacial score (nSPS) is 11.0. The lowest BCUT2D eigenvalue weighted by Gasteiger charge is -2.07. The minimum absolute atomic E-state index is 0.849. The lowest BCUT2D eigenvalue weighted by molar-refractivity contribution is 0.962. The van der Waals surface area contributed by atoms with Gasteiger partial charge in [0.2, 0.25) is 0 Å². The van der Waals surface area contributed by atoms with Gasteiger partial charge in [0.1, 0.15) is 0 Å². The van der Waals surface area contributed by atoms with E-state index >= 15 is 0 Å². The molecule has 1 aromatic heterocycles. The largest absolute Gasteiger partial charge is 0.399 e. The van der Waals surface area contributed by atoms with Crippen molar-refractivity contribution in [3.05, 3.63) is 89.7 Å². The molecule has 2 aromatic carbocycles. The number of aliphatic imine (C=N–C) groups is 1. The molecule has 3 nitrogen and oxygen atoms in total. The summed E-state index contributed by atoms with van der Waals surface area (Å²) in [4.78, 5) is 8.86. The van der Waals surface area contributed by atoms with E-state index < -0.39 is 0 Å². The quantitative estimate of drug-likeness (QED) is 0.567. The Kier molecular flexibility index (Phi) is 4.79. The van der Waals surface area contributed by atoms with Crippen LogP contribution in [-0.4, -0.2) is 11.2 Å². The van der Waals surface area contributed by atoms with Crippen LogP contribution in [0.2, 0.25) is 0 Å². The molecule has 0 fully saturated rings. The molecule has 0 atom stereocenters. The molecule has 3 heteroatoms. The van der Waals surface area contributed by atoms with Gasteiger partial charge in [-0.3, -0.25) is 9.98 Å². The summed E-state index contributed by atoms with van der Waals surface area (Å²) in [5, 5.41) is 0. The van der Waals surface area contributed by atoms with Gasteiger partial charge in [0.05, 0.1) is 17.6 Å². The SMILES string of the molecule is Nc1ccccc1CCc1ccccc1N=Cc1ccccn1. The van der Waals surface area contributed by atoms with E-state index in [9.17, 15) is 0 Å². The summed E-state index contributed by atoms with van der Waals surface area (Å²) in [5.41, 5.74) is 11.1. The van der Waals surface area contributed by atoms with Crippen LogP contribution in [0.5, 0.6) is 0 Å². The van der Waals surface area contributed by atoms with Crippen LogP contribution in [-0.2, 0) is 12.8 Å². The number of hydrogen-bond donors (Lipinski definition) is 1. The molecule has 3 rings (SSSR count). The van der Waals surface area contributed by atoms with E-state index in [-0.39, 0.29) is 0 Å². The minimum atomic E-state index is 0.849. The summed E-state index contributed by atoms with van der Waals surface area (Å²) in [7, 11) is 0. The Hall–Kier alpha value is -2.94. The maximum Gasteiger partial charge on any atom is 0.0812 e. The summed E-state index contributed by atoms with van der Waals surface area (Å²) in [6.07, 6.45) is 5.38. The van der Waals surface area contributed by atoms with E-state index in [1.54, 1.807) is 12.4 Å². The minimum Gasteiger partial charge on any atom is -0.399 e. The third-order valence-corrected chi connectivity index (χ3v) is 3.73. The van der Waals surface area contributed by atoms with Crippen molar-refractivity contribution in [1.82, 2.24) is 4.98 Å². The van der Waals surface area contributed by atoms with Crippen molar-refractivity contribution in [3.63, 3.8) is 0 Å². The smallest absolute Gasteiger partial charge is 0.0812 e. The third-order valence-electron chi connectivity index (χ3n) is 3.73. The number of aryl methyl sites for hydroxylation is 2. The first kappa shape index (κ1) is 15.0. The maximum absolute atomic E-state index is 6.02. The first-order chi connectivity index (χ1) is 11.3. The lowest BCUT2D eigenvalue weighted by Crippen LogP contribution is -1.97. The van der Waals surface area contributed by atoms with E-state index in [0.717, 1.165) is 29.9 Å². The van der Waals surface area contributed by atoms with Gasteiger partial charge in [-0.15, -0.1) is 0 Å². The van der Waals surface area contributed by atoms with Gasteiger partial charge in [-0.1, -0.05) is 42.5 Å². The zero-order valence-electron chi connectivity index (χ0n) is 12.9. The Bertz CT molecular complexity index is 795. The predicted octanol–water partition coefficient (Wildman–Crippen LogP) is 4.20. The number of nitrogens with two attached hydrogens (primary N) is 1. The Balaban J connectivity index is 1.76. The fraction of sp³-hybridized carbons (Fsp3) is 0.100. The fourth-order valence-electron chi connectivity index (χ4n) is 2.47. The zero-order chi connectivity index (χ0) is 15.9. The average Bonchev–Trinajstić information content (AvgIpc) is 2.61. The van der Waals surface area contributed by atoms with Gasteiger partial charge >= 0.3 is 0 Å². The number of para-hydroxylation sites is 2. The van der Waals surface area contributed by atoms with Crippen molar-refractivity contribution in [2.45, 2.75) is 12.8 Å². The van der Waals surface area contributed by atoms with Crippen molar-refractivity contribution < 1.29 is 0 Å². The number of aromatic nitrogens is 1. The van der Waals surface area contributed by atoms with E-state index in [0.29, 0.717) is 0 Å². The Morgan fingerprint density at radius 3 is 2.30 bits per heavy atom. The highest BCUT2D eigenvalue weighted by atomic mass is 14.8. The molecule has 0 saturated carbocycles. The number of pyridine rings is 1. The molecule has 0 aliphatic heterocycles. The van der Waals surface area contributed by atoms with Gasteiger partial charge in [0.25, 0.3) is 0 Å². The summed E-state index contributed by atoms with van der Waals surface area (Å²) in [6, 6.07) is 22.0. The van der Waals surface area contributed by atoms with Crippen LogP contribution in [0.3, 0.4) is 0 Å². The van der Waals surface area contributed by atoms with Gasteiger partial charge in [0, 0.05) is 11.9 Å². The molecule has 0 bridgehead atoms. The van der Waals surface area contributed by atoms with Crippen LogP contribution in [0.25, 0.3) is 0 Å². The topological polar surface area (TPSA) is 51.3 Å². The van der Waals surface area contributed by atoms with E-state index in [4.69, 9.17) is 5.73 Å². The second kappa shape index (κ2) is 7.36. The van der Waals surface area contributed by atoms with Gasteiger partial charge in [0.15, 0.2) is 0 Å². The van der Waals surface area contributed by atoms with Crippen molar-refractivity contribution in [3.8, 4) is 0 Å². The number of benzene rings is 2. The van der Waals surface area contributed by atoms with Crippen molar-refractivity contribution >= 4 is 17.6 Å². The molecule has 0 amide bonds. The molecule has 0 aliphatic carbocycles. The first-order valence-corrected chi connectivity index (χ1v) is 7.69. The summed E-state index contributed by atoms with van der Waals surface area (Å²) < 4.78 is 0. The lowest BCUT2D eigenvalue weighted by atomic mass is 10.0. The highest BCUT2D eigenvalue weighted by Crippen LogP contribution is 2.22. The Morgan fingerprint density at radius 2 is 1.52 bits per heavy atom. The Morgan fingerprint density at radius 1 is 0.826 bits per heavy atom. The number of hydrogen-bond acceptors (Lipinski definition) is 3. The van der Waals surface area contributed by atoms with E-state index in [1.807, 2.05) is 54.6 Å². The molecule has 0 spiro atoms. The van der Waals surface area contributed by atoms with Crippen molar-refractivity contribution in [2.24, 2.45) is 4.99 Å². The summed E-state index contributed by atoms with van der Waals surface area (Å²) in [5.74, 6) is 0. The highest BCUT2D eigenvalue weighted by molar-refractivity contribution is 5.79. The van der Waals surface area contributed by atoms with Crippen LogP contribution in [0, 0.1) is 0 Å². The van der Waals surface area contributed by atoms with Crippen molar-refractivity contribution in [2.75, 3.05) is 5.73 Å². The van der Waals surface area contributed by atoms with Crippen LogP contribution >= 0.6 is 0 Å².